The molecule has 2 amide bonds. The minimum Gasteiger partial charge on any atom is -0.340 e. The van der Waals surface area contributed by atoms with Gasteiger partial charge in [-0.15, -0.1) is 11.3 Å². The maximum Gasteiger partial charge on any atom is 0.228 e. The number of hydrogen-bond acceptors (Lipinski definition) is 4. The summed E-state index contributed by atoms with van der Waals surface area (Å²) >= 11 is 1.55. The molecular formula is C20H23N3O2S. The van der Waals surface area contributed by atoms with E-state index in [0.717, 1.165) is 29.7 Å². The number of aromatic nitrogens is 1. The summed E-state index contributed by atoms with van der Waals surface area (Å²) in [7, 11) is 0. The highest BCUT2D eigenvalue weighted by atomic mass is 32.1. The number of thiazole rings is 1. The van der Waals surface area contributed by atoms with E-state index in [0.29, 0.717) is 26.1 Å². The van der Waals surface area contributed by atoms with E-state index in [-0.39, 0.29) is 23.8 Å². The lowest BCUT2D eigenvalue weighted by molar-refractivity contribution is -0.140. The van der Waals surface area contributed by atoms with E-state index < -0.39 is 0 Å². The van der Waals surface area contributed by atoms with Crippen LogP contribution in [0, 0.1) is 12.8 Å². The third-order valence-corrected chi connectivity index (χ3v) is 6.20. The van der Waals surface area contributed by atoms with Gasteiger partial charge in [0.05, 0.1) is 30.1 Å². The summed E-state index contributed by atoms with van der Waals surface area (Å²) in [5.74, 6) is 0.230. The van der Waals surface area contributed by atoms with E-state index in [2.05, 4.69) is 4.98 Å². The van der Waals surface area contributed by atoms with Crippen molar-refractivity contribution in [1.82, 2.24) is 14.8 Å². The Bertz CT molecular complexity index is 805. The second-order valence-electron chi connectivity index (χ2n) is 7.28. The molecule has 3 fully saturated rings. The molecule has 3 aliphatic rings. The molecule has 5 rings (SSSR count). The Morgan fingerprint density at radius 3 is 2.88 bits per heavy atom. The Hall–Kier alpha value is -2.21. The zero-order chi connectivity index (χ0) is 18.1. The molecule has 0 spiro atoms. The second kappa shape index (κ2) is 7.19. The predicted molar refractivity (Wildman–Crippen MR) is 101 cm³/mol. The van der Waals surface area contributed by atoms with Crippen LogP contribution in [0.2, 0.25) is 0 Å². The van der Waals surface area contributed by atoms with Crippen LogP contribution in [-0.2, 0) is 22.6 Å². The van der Waals surface area contributed by atoms with Gasteiger partial charge in [0.2, 0.25) is 11.8 Å². The summed E-state index contributed by atoms with van der Waals surface area (Å²) in [6.07, 6.45) is 2.26. The molecule has 2 bridgehead atoms. The number of rotatable bonds is 4. The van der Waals surface area contributed by atoms with E-state index in [1.807, 2.05) is 46.4 Å². The van der Waals surface area contributed by atoms with Crippen molar-refractivity contribution in [2.24, 2.45) is 5.92 Å². The van der Waals surface area contributed by atoms with Crippen molar-refractivity contribution in [3.63, 3.8) is 0 Å². The van der Waals surface area contributed by atoms with Gasteiger partial charge < -0.3 is 9.80 Å². The molecule has 5 nitrogen and oxygen atoms in total. The molecule has 3 aliphatic heterocycles. The third-order valence-electron chi connectivity index (χ3n) is 5.56. The van der Waals surface area contributed by atoms with Crippen molar-refractivity contribution in [3.05, 3.63) is 52.0 Å². The molecular weight excluding hydrogens is 346 g/mol. The zero-order valence-corrected chi connectivity index (χ0v) is 15.7. The van der Waals surface area contributed by atoms with E-state index in [1.165, 1.54) is 0 Å². The predicted octanol–water partition coefficient (Wildman–Crippen LogP) is 2.64. The van der Waals surface area contributed by atoms with Gasteiger partial charge in [0.15, 0.2) is 0 Å². The molecule has 0 radical (unpaired) electrons. The number of hydrogen-bond donors (Lipinski definition) is 0. The van der Waals surface area contributed by atoms with Crippen LogP contribution in [0.5, 0.6) is 0 Å². The standard InChI is InChI=1S/C20H23N3O2S/c1-14-4-2-3-5-15(14)8-19(24)22-9-16-6-7-18(11-22)23(20(16)25)10-17-12-26-13-21-17/h2-5,12-13,16,18H,6-11H2,1H3/t16-,18+/m1/s1. The third kappa shape index (κ3) is 3.38. The molecule has 0 N–H and O–H groups in total. The molecule has 0 aliphatic carbocycles. The summed E-state index contributed by atoms with van der Waals surface area (Å²) in [5, 5.41) is 1.99. The summed E-state index contributed by atoms with van der Waals surface area (Å²) in [6.45, 7) is 3.78. The van der Waals surface area contributed by atoms with E-state index in [9.17, 15) is 9.59 Å². The maximum atomic E-state index is 12.9. The molecule has 1 aromatic carbocycles. The van der Waals surface area contributed by atoms with Crippen molar-refractivity contribution in [1.29, 1.82) is 0 Å². The number of nitrogens with zero attached hydrogens (tertiary/aromatic N) is 3. The molecule has 2 atom stereocenters. The highest BCUT2D eigenvalue weighted by Crippen LogP contribution is 2.30. The fraction of sp³-hybridized carbons (Fsp3) is 0.450. The number of carbonyl (C=O) groups excluding carboxylic acids is 2. The van der Waals surface area contributed by atoms with Crippen molar-refractivity contribution < 1.29 is 9.59 Å². The number of amides is 2. The highest BCUT2D eigenvalue weighted by Gasteiger charge is 2.41. The summed E-state index contributed by atoms with van der Waals surface area (Å²) in [5.41, 5.74) is 4.95. The average molecular weight is 369 g/mol. The fourth-order valence-electron chi connectivity index (χ4n) is 4.03. The van der Waals surface area contributed by atoms with Gasteiger partial charge in [0, 0.05) is 24.5 Å². The van der Waals surface area contributed by atoms with Gasteiger partial charge in [0.25, 0.3) is 0 Å². The van der Waals surface area contributed by atoms with Crippen LogP contribution in [0.15, 0.2) is 35.2 Å². The van der Waals surface area contributed by atoms with Crippen LogP contribution in [0.1, 0.15) is 29.7 Å². The smallest absolute Gasteiger partial charge is 0.228 e. The Morgan fingerprint density at radius 2 is 2.12 bits per heavy atom. The lowest BCUT2D eigenvalue weighted by atomic mass is 9.94. The van der Waals surface area contributed by atoms with Gasteiger partial charge >= 0.3 is 0 Å². The van der Waals surface area contributed by atoms with Crippen LogP contribution in [0.3, 0.4) is 0 Å². The van der Waals surface area contributed by atoms with Gasteiger partial charge in [-0.05, 0) is 30.9 Å². The van der Waals surface area contributed by atoms with Gasteiger partial charge in [0.1, 0.15) is 0 Å². The van der Waals surface area contributed by atoms with Crippen molar-refractivity contribution >= 4 is 23.2 Å². The van der Waals surface area contributed by atoms with Crippen LogP contribution in [0.4, 0.5) is 0 Å². The molecule has 26 heavy (non-hydrogen) atoms. The number of aryl methyl sites for hydroxylation is 1. The van der Waals surface area contributed by atoms with Crippen LogP contribution in [-0.4, -0.2) is 45.7 Å². The van der Waals surface area contributed by atoms with Crippen molar-refractivity contribution in [2.45, 2.75) is 38.8 Å². The van der Waals surface area contributed by atoms with Crippen LogP contribution < -0.4 is 0 Å². The molecule has 0 saturated carbocycles. The van der Waals surface area contributed by atoms with Gasteiger partial charge in [-0.2, -0.15) is 0 Å². The first-order chi connectivity index (χ1) is 12.6. The number of benzene rings is 1. The maximum absolute atomic E-state index is 12.9. The van der Waals surface area contributed by atoms with E-state index >= 15 is 0 Å². The SMILES string of the molecule is Cc1ccccc1CC(=O)N1C[C@H]2CC[C@@H](C1)N(Cc1cscn1)C2=O. The first kappa shape index (κ1) is 17.2. The van der Waals surface area contributed by atoms with Crippen molar-refractivity contribution in [2.75, 3.05) is 13.1 Å². The van der Waals surface area contributed by atoms with Gasteiger partial charge in [-0.3, -0.25) is 9.59 Å². The fourth-order valence-corrected chi connectivity index (χ4v) is 4.58. The second-order valence-corrected chi connectivity index (χ2v) is 7.99. The summed E-state index contributed by atoms with van der Waals surface area (Å²) in [6, 6.07) is 8.11. The van der Waals surface area contributed by atoms with Gasteiger partial charge in [-0.25, -0.2) is 4.98 Å². The lowest BCUT2D eigenvalue weighted by Gasteiger charge is -2.35. The minimum absolute atomic E-state index is 0.0757. The molecule has 2 aromatic rings. The lowest BCUT2D eigenvalue weighted by Crippen LogP contribution is -2.47. The van der Waals surface area contributed by atoms with Crippen LogP contribution >= 0.6 is 11.3 Å². The Labute approximate surface area is 157 Å². The summed E-state index contributed by atoms with van der Waals surface area (Å²) in [4.78, 5) is 34.0. The molecule has 136 valence electrons. The number of piperidine rings is 1. The normalized spacial score (nSPS) is 22.6. The Balaban J connectivity index is 1.49. The first-order valence-corrected chi connectivity index (χ1v) is 10.1. The largest absolute Gasteiger partial charge is 0.340 e. The quantitative estimate of drug-likeness (QED) is 0.833. The van der Waals surface area contributed by atoms with Crippen LogP contribution in [0.25, 0.3) is 0 Å². The minimum atomic E-state index is -0.0757. The number of fused-ring (bicyclic) bond motifs is 4. The number of carbonyl (C=O) groups is 2. The molecule has 0 unspecified atom stereocenters. The van der Waals surface area contributed by atoms with E-state index in [4.69, 9.17) is 0 Å². The molecule has 6 heteroatoms. The topological polar surface area (TPSA) is 53.5 Å². The van der Waals surface area contributed by atoms with E-state index in [1.54, 1.807) is 16.8 Å². The Kier molecular flexibility index (Phi) is 4.76. The molecule has 1 aromatic heterocycles. The molecule has 4 heterocycles. The Morgan fingerprint density at radius 1 is 1.27 bits per heavy atom. The monoisotopic (exact) mass is 369 g/mol. The average Bonchev–Trinajstić information content (AvgIpc) is 2.99. The van der Waals surface area contributed by atoms with Crippen molar-refractivity contribution in [3.8, 4) is 0 Å². The summed E-state index contributed by atoms with van der Waals surface area (Å²) < 4.78 is 0. The highest BCUT2D eigenvalue weighted by molar-refractivity contribution is 7.07. The molecule has 3 saturated heterocycles. The van der Waals surface area contributed by atoms with Gasteiger partial charge in [-0.1, -0.05) is 24.3 Å². The first-order valence-electron chi connectivity index (χ1n) is 9.11. The zero-order valence-electron chi connectivity index (χ0n) is 14.9.